The van der Waals surface area contributed by atoms with E-state index in [4.69, 9.17) is 9.47 Å². The van der Waals surface area contributed by atoms with Crippen LogP contribution in [-0.2, 0) is 19.0 Å². The largest absolute Gasteiger partial charge is 0.469 e. The Balaban J connectivity index is 3.32. The highest BCUT2D eigenvalue weighted by Gasteiger charge is 2.05. The normalized spacial score (nSPS) is 12.5. The summed E-state index contributed by atoms with van der Waals surface area (Å²) in [4.78, 5) is 10.8. The first kappa shape index (κ1) is 14.3. The maximum absolute atomic E-state index is 10.8. The van der Waals surface area contributed by atoms with Gasteiger partial charge in [0.25, 0.3) is 0 Å². The Kier molecular flexibility index (Phi) is 9.46. The zero-order chi connectivity index (χ0) is 11.5. The van der Waals surface area contributed by atoms with Crippen LogP contribution in [0.1, 0.15) is 12.8 Å². The number of nitrogens with one attached hydrogen (secondary N) is 1. The molecule has 0 saturated carbocycles. The summed E-state index contributed by atoms with van der Waals surface area (Å²) < 4.78 is 14.7. The van der Waals surface area contributed by atoms with E-state index < -0.39 is 0 Å². The Bertz CT molecular complexity index is 164. The van der Waals surface area contributed by atoms with E-state index in [0.29, 0.717) is 13.0 Å². The van der Waals surface area contributed by atoms with Crippen molar-refractivity contribution in [3.63, 3.8) is 0 Å². The zero-order valence-electron chi connectivity index (χ0n) is 9.75. The van der Waals surface area contributed by atoms with Crippen molar-refractivity contribution in [1.29, 1.82) is 0 Å². The lowest BCUT2D eigenvalue weighted by molar-refractivity contribution is -0.140. The molecule has 0 aliphatic heterocycles. The number of methoxy groups -OCH3 is 3. The average Bonchev–Trinajstić information content (AvgIpc) is 2.26. The summed E-state index contributed by atoms with van der Waals surface area (Å²) in [5, 5.41) is 3.19. The smallest absolute Gasteiger partial charge is 0.305 e. The molecule has 0 bridgehead atoms. The van der Waals surface area contributed by atoms with E-state index in [0.717, 1.165) is 19.5 Å². The van der Waals surface area contributed by atoms with Crippen LogP contribution in [0, 0.1) is 0 Å². The van der Waals surface area contributed by atoms with Crippen LogP contribution in [-0.4, -0.2) is 53.1 Å². The van der Waals surface area contributed by atoms with Crippen molar-refractivity contribution in [1.82, 2.24) is 5.32 Å². The fraction of sp³-hybridized carbons (Fsp3) is 0.900. The number of carbonyl (C=O) groups is 1. The Morgan fingerprint density at radius 2 is 2.07 bits per heavy atom. The molecule has 5 heteroatoms. The molecule has 0 amide bonds. The summed E-state index contributed by atoms with van der Waals surface area (Å²) in [6.45, 7) is 2.07. The monoisotopic (exact) mass is 219 g/mol. The zero-order valence-corrected chi connectivity index (χ0v) is 9.75. The molecule has 1 unspecified atom stereocenters. The maximum Gasteiger partial charge on any atom is 0.305 e. The van der Waals surface area contributed by atoms with E-state index in [2.05, 4.69) is 10.1 Å². The lowest BCUT2D eigenvalue weighted by atomic mass is 10.3. The summed E-state index contributed by atoms with van der Waals surface area (Å²) in [6, 6.07) is 0. The molecule has 0 aromatic heterocycles. The molecule has 0 aliphatic rings. The molecule has 0 saturated heterocycles. The van der Waals surface area contributed by atoms with Gasteiger partial charge in [-0.25, -0.2) is 0 Å². The average molecular weight is 219 g/mol. The molecule has 0 spiro atoms. The molecule has 90 valence electrons. The number of ether oxygens (including phenoxy) is 3. The van der Waals surface area contributed by atoms with Crippen molar-refractivity contribution in [2.45, 2.75) is 18.9 Å². The second kappa shape index (κ2) is 9.89. The van der Waals surface area contributed by atoms with Crippen LogP contribution < -0.4 is 5.32 Å². The molecular formula is C10H21NO4. The Hall–Kier alpha value is -0.650. The van der Waals surface area contributed by atoms with E-state index in [1.807, 2.05) is 0 Å². The molecule has 1 N–H and O–H groups in total. The summed E-state index contributed by atoms with van der Waals surface area (Å²) in [6.07, 6.45) is 1.29. The van der Waals surface area contributed by atoms with E-state index in [1.165, 1.54) is 7.11 Å². The van der Waals surface area contributed by atoms with Gasteiger partial charge in [-0.05, 0) is 13.0 Å². The highest BCUT2D eigenvalue weighted by molar-refractivity contribution is 5.68. The van der Waals surface area contributed by atoms with E-state index in [1.54, 1.807) is 14.2 Å². The predicted molar refractivity (Wildman–Crippen MR) is 56.8 cm³/mol. The Morgan fingerprint density at radius 3 is 2.60 bits per heavy atom. The summed E-state index contributed by atoms with van der Waals surface area (Å²) >= 11 is 0. The lowest BCUT2D eigenvalue weighted by Crippen LogP contribution is -2.32. The van der Waals surface area contributed by atoms with Crippen LogP contribution in [0.15, 0.2) is 0 Å². The van der Waals surface area contributed by atoms with Crippen molar-refractivity contribution in [3.05, 3.63) is 0 Å². The third-order valence-corrected chi connectivity index (χ3v) is 2.02. The second-order valence-electron chi connectivity index (χ2n) is 3.20. The molecule has 0 radical (unpaired) electrons. The topological polar surface area (TPSA) is 56.8 Å². The molecule has 0 aromatic rings. The van der Waals surface area contributed by atoms with Crippen LogP contribution in [0.2, 0.25) is 0 Å². The van der Waals surface area contributed by atoms with Crippen molar-refractivity contribution < 1.29 is 19.0 Å². The number of esters is 1. The van der Waals surface area contributed by atoms with Crippen molar-refractivity contribution in [3.8, 4) is 0 Å². The summed E-state index contributed by atoms with van der Waals surface area (Å²) in [5.41, 5.74) is 0. The van der Waals surface area contributed by atoms with Crippen molar-refractivity contribution in [2.75, 3.05) is 41.0 Å². The number of hydrogen-bond donors (Lipinski definition) is 1. The fourth-order valence-corrected chi connectivity index (χ4v) is 1.12. The van der Waals surface area contributed by atoms with Gasteiger partial charge in [0.1, 0.15) is 0 Å². The van der Waals surface area contributed by atoms with Gasteiger partial charge in [-0.1, -0.05) is 0 Å². The van der Waals surface area contributed by atoms with Gasteiger partial charge in [0.2, 0.25) is 0 Å². The van der Waals surface area contributed by atoms with Gasteiger partial charge >= 0.3 is 5.97 Å². The van der Waals surface area contributed by atoms with Gasteiger partial charge in [-0.2, -0.15) is 0 Å². The van der Waals surface area contributed by atoms with Crippen LogP contribution >= 0.6 is 0 Å². The number of carbonyl (C=O) groups excluding carboxylic acids is 1. The molecule has 5 nitrogen and oxygen atoms in total. The first-order chi connectivity index (χ1) is 7.24. The molecule has 1 atom stereocenters. The van der Waals surface area contributed by atoms with Gasteiger partial charge < -0.3 is 19.5 Å². The standard InChI is InChI=1S/C10H21NO4/c1-13-8-9(14-2)7-11-6-4-5-10(12)15-3/h9,11H,4-8H2,1-3H3. The van der Waals surface area contributed by atoms with E-state index >= 15 is 0 Å². The van der Waals surface area contributed by atoms with E-state index in [9.17, 15) is 4.79 Å². The molecule has 0 heterocycles. The van der Waals surface area contributed by atoms with E-state index in [-0.39, 0.29) is 12.1 Å². The number of rotatable bonds is 9. The SMILES string of the molecule is COCC(CNCCCC(=O)OC)OC. The second-order valence-corrected chi connectivity index (χ2v) is 3.20. The predicted octanol–water partition coefficient (Wildman–Crippen LogP) is 0.191. The van der Waals surface area contributed by atoms with Gasteiger partial charge in [-0.3, -0.25) is 4.79 Å². The minimum Gasteiger partial charge on any atom is -0.469 e. The third kappa shape index (κ3) is 8.35. The molecular weight excluding hydrogens is 198 g/mol. The summed E-state index contributed by atoms with van der Waals surface area (Å²) in [5.74, 6) is -0.169. The van der Waals surface area contributed by atoms with Gasteiger partial charge in [0, 0.05) is 27.2 Å². The Morgan fingerprint density at radius 1 is 1.33 bits per heavy atom. The molecule has 15 heavy (non-hydrogen) atoms. The third-order valence-electron chi connectivity index (χ3n) is 2.02. The van der Waals surface area contributed by atoms with Gasteiger partial charge in [-0.15, -0.1) is 0 Å². The van der Waals surface area contributed by atoms with Crippen molar-refractivity contribution >= 4 is 5.97 Å². The van der Waals surface area contributed by atoms with Gasteiger partial charge in [0.05, 0.1) is 19.8 Å². The first-order valence-corrected chi connectivity index (χ1v) is 5.03. The molecule has 0 aliphatic carbocycles. The Labute approximate surface area is 91.1 Å². The highest BCUT2D eigenvalue weighted by Crippen LogP contribution is 1.92. The maximum atomic E-state index is 10.8. The van der Waals surface area contributed by atoms with Crippen molar-refractivity contribution in [2.24, 2.45) is 0 Å². The molecule has 0 fully saturated rings. The number of hydrogen-bond acceptors (Lipinski definition) is 5. The molecule has 0 aromatic carbocycles. The van der Waals surface area contributed by atoms with Gasteiger partial charge in [0.15, 0.2) is 0 Å². The molecule has 0 rings (SSSR count). The first-order valence-electron chi connectivity index (χ1n) is 5.03. The minimum atomic E-state index is -0.169. The summed E-state index contributed by atoms with van der Waals surface area (Å²) in [7, 11) is 4.69. The van der Waals surface area contributed by atoms with Crippen LogP contribution in [0.25, 0.3) is 0 Å². The van der Waals surface area contributed by atoms with Crippen LogP contribution in [0.4, 0.5) is 0 Å². The van der Waals surface area contributed by atoms with Crippen LogP contribution in [0.5, 0.6) is 0 Å². The van der Waals surface area contributed by atoms with Crippen LogP contribution in [0.3, 0.4) is 0 Å². The fourth-order valence-electron chi connectivity index (χ4n) is 1.12. The quantitative estimate of drug-likeness (QED) is 0.443. The minimum absolute atomic E-state index is 0.0631. The lowest BCUT2D eigenvalue weighted by Gasteiger charge is -2.14. The highest BCUT2D eigenvalue weighted by atomic mass is 16.5.